The van der Waals surface area contributed by atoms with E-state index in [0.29, 0.717) is 13.2 Å². The van der Waals surface area contributed by atoms with Crippen LogP contribution >= 0.6 is 11.5 Å². The Bertz CT molecular complexity index is 278. The van der Waals surface area contributed by atoms with Crippen LogP contribution in [0.15, 0.2) is 12.3 Å². The minimum Gasteiger partial charge on any atom is -0.380 e. The molecule has 0 aromatic carbocycles. The third kappa shape index (κ3) is 1.78. The first-order valence-corrected chi connectivity index (χ1v) is 5.06. The Morgan fingerprint density at radius 1 is 1.77 bits per heavy atom. The second kappa shape index (κ2) is 3.55. The van der Waals surface area contributed by atoms with Crippen molar-refractivity contribution in [2.45, 2.75) is 12.8 Å². The fourth-order valence-electron chi connectivity index (χ4n) is 1.58. The molecule has 2 rings (SSSR count). The minimum absolute atomic E-state index is 0.271. The molecule has 2 heterocycles. The SMILES string of the molecule is O=CC1(Cc2ccns2)CCOC1. The zero-order valence-corrected chi connectivity index (χ0v) is 8.05. The van der Waals surface area contributed by atoms with Gasteiger partial charge in [0.1, 0.15) is 6.29 Å². The summed E-state index contributed by atoms with van der Waals surface area (Å²) in [6.07, 6.45) is 4.43. The first-order valence-electron chi connectivity index (χ1n) is 4.28. The Morgan fingerprint density at radius 3 is 3.23 bits per heavy atom. The topological polar surface area (TPSA) is 39.2 Å². The molecule has 13 heavy (non-hydrogen) atoms. The molecule has 0 aliphatic carbocycles. The smallest absolute Gasteiger partial charge is 0.128 e. The summed E-state index contributed by atoms with van der Waals surface area (Å²) in [4.78, 5) is 12.1. The van der Waals surface area contributed by atoms with Gasteiger partial charge in [0.2, 0.25) is 0 Å². The van der Waals surface area contributed by atoms with Gasteiger partial charge in [0, 0.05) is 17.7 Å². The molecule has 0 radical (unpaired) electrons. The number of ether oxygens (including phenoxy) is 1. The molecule has 70 valence electrons. The fraction of sp³-hybridized carbons (Fsp3) is 0.556. The lowest BCUT2D eigenvalue weighted by molar-refractivity contribution is -0.116. The molecule has 1 aliphatic rings. The molecule has 0 amide bonds. The van der Waals surface area contributed by atoms with E-state index < -0.39 is 0 Å². The summed E-state index contributed by atoms with van der Waals surface area (Å²) in [5.74, 6) is 0. The second-order valence-corrected chi connectivity index (χ2v) is 4.36. The highest BCUT2D eigenvalue weighted by Crippen LogP contribution is 2.31. The van der Waals surface area contributed by atoms with Crippen LogP contribution in [-0.2, 0) is 16.0 Å². The van der Waals surface area contributed by atoms with Crippen molar-refractivity contribution in [1.29, 1.82) is 0 Å². The van der Waals surface area contributed by atoms with E-state index in [4.69, 9.17) is 4.74 Å². The number of rotatable bonds is 3. The van der Waals surface area contributed by atoms with Gasteiger partial charge in [-0.3, -0.25) is 0 Å². The molecule has 1 aromatic heterocycles. The maximum atomic E-state index is 11.0. The van der Waals surface area contributed by atoms with Crippen molar-refractivity contribution in [1.82, 2.24) is 4.37 Å². The average Bonchev–Trinajstić information content (AvgIpc) is 2.77. The van der Waals surface area contributed by atoms with Crippen molar-refractivity contribution < 1.29 is 9.53 Å². The molecular weight excluding hydrogens is 186 g/mol. The number of carbonyl (C=O) groups is 1. The number of carbonyl (C=O) groups excluding carboxylic acids is 1. The van der Waals surface area contributed by atoms with Gasteiger partial charge in [0.05, 0.1) is 12.0 Å². The van der Waals surface area contributed by atoms with Gasteiger partial charge in [0.15, 0.2) is 0 Å². The number of hydrogen-bond acceptors (Lipinski definition) is 4. The molecule has 1 fully saturated rings. The van der Waals surface area contributed by atoms with Crippen LogP contribution in [0.5, 0.6) is 0 Å². The zero-order valence-electron chi connectivity index (χ0n) is 7.23. The number of nitrogens with zero attached hydrogens (tertiary/aromatic N) is 1. The van der Waals surface area contributed by atoms with Crippen LogP contribution in [0.1, 0.15) is 11.3 Å². The van der Waals surface area contributed by atoms with Crippen molar-refractivity contribution in [3.63, 3.8) is 0 Å². The fourth-order valence-corrected chi connectivity index (χ4v) is 2.31. The van der Waals surface area contributed by atoms with E-state index >= 15 is 0 Å². The van der Waals surface area contributed by atoms with E-state index in [9.17, 15) is 4.79 Å². The molecule has 1 atom stereocenters. The lowest BCUT2D eigenvalue weighted by Crippen LogP contribution is -2.25. The molecule has 1 aromatic rings. The third-order valence-electron chi connectivity index (χ3n) is 2.40. The van der Waals surface area contributed by atoms with Crippen molar-refractivity contribution in [3.8, 4) is 0 Å². The quantitative estimate of drug-likeness (QED) is 0.685. The summed E-state index contributed by atoms with van der Waals surface area (Å²) < 4.78 is 9.27. The van der Waals surface area contributed by atoms with Crippen molar-refractivity contribution >= 4 is 17.8 Å². The highest BCUT2D eigenvalue weighted by atomic mass is 32.1. The van der Waals surface area contributed by atoms with Crippen molar-refractivity contribution in [2.75, 3.05) is 13.2 Å². The van der Waals surface area contributed by atoms with E-state index in [2.05, 4.69) is 4.37 Å². The van der Waals surface area contributed by atoms with Gasteiger partial charge in [-0.25, -0.2) is 4.37 Å². The number of hydrogen-bond donors (Lipinski definition) is 0. The summed E-state index contributed by atoms with van der Waals surface area (Å²) in [6, 6.07) is 1.97. The number of aromatic nitrogens is 1. The Labute approximate surface area is 80.9 Å². The first-order chi connectivity index (χ1) is 6.35. The van der Waals surface area contributed by atoms with E-state index in [0.717, 1.165) is 24.0 Å². The second-order valence-electron chi connectivity index (χ2n) is 3.44. The van der Waals surface area contributed by atoms with Crippen LogP contribution in [-0.4, -0.2) is 23.9 Å². The van der Waals surface area contributed by atoms with E-state index in [1.54, 1.807) is 6.20 Å². The Hall–Kier alpha value is -0.740. The van der Waals surface area contributed by atoms with Gasteiger partial charge in [-0.1, -0.05) is 0 Å². The molecule has 1 aliphatic heterocycles. The lowest BCUT2D eigenvalue weighted by atomic mass is 9.85. The third-order valence-corrected chi connectivity index (χ3v) is 3.14. The maximum absolute atomic E-state index is 11.0. The Balaban J connectivity index is 2.10. The lowest BCUT2D eigenvalue weighted by Gasteiger charge is -2.17. The van der Waals surface area contributed by atoms with Gasteiger partial charge in [-0.2, -0.15) is 0 Å². The van der Waals surface area contributed by atoms with Gasteiger partial charge in [-0.15, -0.1) is 0 Å². The van der Waals surface area contributed by atoms with E-state index in [1.165, 1.54) is 11.5 Å². The van der Waals surface area contributed by atoms with Crippen molar-refractivity contribution in [3.05, 3.63) is 17.1 Å². The van der Waals surface area contributed by atoms with Crippen LogP contribution in [0.2, 0.25) is 0 Å². The predicted molar refractivity (Wildman–Crippen MR) is 49.8 cm³/mol. The highest BCUT2D eigenvalue weighted by molar-refractivity contribution is 7.05. The van der Waals surface area contributed by atoms with Crippen LogP contribution < -0.4 is 0 Å². The average molecular weight is 197 g/mol. The molecule has 4 heteroatoms. The Kier molecular flexibility index (Phi) is 2.42. The summed E-state index contributed by atoms with van der Waals surface area (Å²) in [7, 11) is 0. The summed E-state index contributed by atoms with van der Waals surface area (Å²) in [6.45, 7) is 1.27. The highest BCUT2D eigenvalue weighted by Gasteiger charge is 2.35. The van der Waals surface area contributed by atoms with Gasteiger partial charge < -0.3 is 9.53 Å². The normalized spacial score (nSPS) is 27.7. The van der Waals surface area contributed by atoms with Crippen molar-refractivity contribution in [2.24, 2.45) is 5.41 Å². The molecule has 0 saturated carbocycles. The molecule has 3 nitrogen and oxygen atoms in total. The molecule has 1 saturated heterocycles. The summed E-state index contributed by atoms with van der Waals surface area (Å²) in [5.41, 5.74) is -0.271. The van der Waals surface area contributed by atoms with Gasteiger partial charge in [-0.05, 0) is 30.4 Å². The zero-order chi connectivity index (χ0) is 9.15. The Morgan fingerprint density at radius 2 is 2.69 bits per heavy atom. The molecular formula is C9H11NO2S. The molecule has 0 N–H and O–H groups in total. The summed E-state index contributed by atoms with van der Waals surface area (Å²) in [5, 5.41) is 0. The van der Waals surface area contributed by atoms with Gasteiger partial charge >= 0.3 is 0 Å². The molecule has 0 bridgehead atoms. The van der Waals surface area contributed by atoms with Crippen LogP contribution in [0, 0.1) is 5.41 Å². The first kappa shape index (κ1) is 8.84. The van der Waals surface area contributed by atoms with E-state index in [1.807, 2.05) is 6.07 Å². The standard InChI is InChI=1S/C9H11NO2S/c11-6-9(2-4-12-7-9)5-8-1-3-10-13-8/h1,3,6H,2,4-5,7H2. The van der Waals surface area contributed by atoms with E-state index in [-0.39, 0.29) is 5.41 Å². The largest absolute Gasteiger partial charge is 0.380 e. The predicted octanol–water partition coefficient (Wildman–Crippen LogP) is 1.29. The van der Waals surface area contributed by atoms with Crippen LogP contribution in [0.4, 0.5) is 0 Å². The maximum Gasteiger partial charge on any atom is 0.128 e. The summed E-state index contributed by atoms with van der Waals surface area (Å²) >= 11 is 1.46. The van der Waals surface area contributed by atoms with Gasteiger partial charge in [0.25, 0.3) is 0 Å². The minimum atomic E-state index is -0.271. The van der Waals surface area contributed by atoms with Crippen LogP contribution in [0.3, 0.4) is 0 Å². The number of aldehydes is 1. The van der Waals surface area contributed by atoms with Crippen LogP contribution in [0.25, 0.3) is 0 Å². The molecule has 1 unspecified atom stereocenters. The molecule has 0 spiro atoms. The monoisotopic (exact) mass is 197 g/mol.